The summed E-state index contributed by atoms with van der Waals surface area (Å²) in [5.74, 6) is 0.0822. The molecule has 0 saturated carbocycles. The second kappa shape index (κ2) is 9.38. The highest BCUT2D eigenvalue weighted by molar-refractivity contribution is 8.00. The van der Waals surface area contributed by atoms with Crippen molar-refractivity contribution in [1.82, 2.24) is 5.32 Å². The molecule has 2 N–H and O–H groups in total. The van der Waals surface area contributed by atoms with Crippen LogP contribution in [0.3, 0.4) is 0 Å². The minimum atomic E-state index is -0.217. The smallest absolute Gasteiger partial charge is 0.237 e. The molecule has 0 bridgehead atoms. The second-order valence-electron chi connectivity index (χ2n) is 5.82. The number of quaternary nitrogens is 1. The Morgan fingerprint density at radius 3 is 2.26 bits per heavy atom. The van der Waals surface area contributed by atoms with Gasteiger partial charge in [-0.2, -0.15) is 0 Å². The van der Waals surface area contributed by atoms with Gasteiger partial charge in [-0.15, -0.1) is 11.8 Å². The maximum atomic E-state index is 12.7. The third-order valence-corrected chi connectivity index (χ3v) is 4.76. The minimum Gasteiger partial charge on any atom is -0.355 e. The molecule has 1 atom stereocenters. The van der Waals surface area contributed by atoms with Crippen molar-refractivity contribution < 1.29 is 9.69 Å². The molecule has 122 valence electrons. The largest absolute Gasteiger partial charge is 0.355 e. The maximum Gasteiger partial charge on any atom is 0.237 e. The van der Waals surface area contributed by atoms with Crippen molar-refractivity contribution in [3.63, 3.8) is 0 Å². The second-order valence-corrected chi connectivity index (χ2v) is 7.00. The van der Waals surface area contributed by atoms with Crippen LogP contribution in [0, 0.1) is 0 Å². The van der Waals surface area contributed by atoms with E-state index in [2.05, 4.69) is 19.4 Å². The summed E-state index contributed by atoms with van der Waals surface area (Å²) in [5, 5.41) is 2.87. The zero-order valence-corrected chi connectivity index (χ0v) is 14.6. The topological polar surface area (TPSA) is 33.5 Å². The number of amides is 1. The van der Waals surface area contributed by atoms with Gasteiger partial charge in [0.25, 0.3) is 0 Å². The van der Waals surface area contributed by atoms with Gasteiger partial charge in [0.2, 0.25) is 5.91 Å². The van der Waals surface area contributed by atoms with Crippen LogP contribution in [0.2, 0.25) is 0 Å². The first-order valence-electron chi connectivity index (χ1n) is 8.00. The van der Waals surface area contributed by atoms with Crippen LogP contribution < -0.4 is 10.2 Å². The number of rotatable bonds is 8. The van der Waals surface area contributed by atoms with Crippen LogP contribution >= 0.6 is 11.8 Å². The van der Waals surface area contributed by atoms with Gasteiger partial charge in [-0.1, -0.05) is 48.5 Å². The summed E-state index contributed by atoms with van der Waals surface area (Å²) in [7, 11) is 4.25. The van der Waals surface area contributed by atoms with Crippen molar-refractivity contribution in [2.45, 2.75) is 16.6 Å². The molecule has 0 radical (unpaired) electrons. The molecular weight excluding hydrogens is 304 g/mol. The van der Waals surface area contributed by atoms with E-state index in [9.17, 15) is 4.79 Å². The highest BCUT2D eigenvalue weighted by Gasteiger charge is 2.21. The molecule has 3 nitrogen and oxygen atoms in total. The molecule has 4 heteroatoms. The van der Waals surface area contributed by atoms with Gasteiger partial charge >= 0.3 is 0 Å². The van der Waals surface area contributed by atoms with Crippen molar-refractivity contribution >= 4 is 17.7 Å². The third kappa shape index (κ3) is 6.08. The van der Waals surface area contributed by atoms with E-state index in [0.717, 1.165) is 30.0 Å². The quantitative estimate of drug-likeness (QED) is 0.575. The van der Waals surface area contributed by atoms with Crippen LogP contribution in [0.25, 0.3) is 0 Å². The molecule has 0 spiro atoms. The van der Waals surface area contributed by atoms with E-state index >= 15 is 0 Å². The summed E-state index contributed by atoms with van der Waals surface area (Å²) in [6.45, 7) is 1.78. The lowest BCUT2D eigenvalue weighted by atomic mass is 10.1. The van der Waals surface area contributed by atoms with Crippen LogP contribution in [0.5, 0.6) is 0 Å². The molecule has 23 heavy (non-hydrogen) atoms. The summed E-state index contributed by atoms with van der Waals surface area (Å²) in [4.78, 5) is 15.2. The molecular formula is C19H25N2OS+. The molecule has 0 saturated heterocycles. The maximum absolute atomic E-state index is 12.7. The Labute approximate surface area is 143 Å². The molecule has 1 amide bonds. The predicted molar refractivity (Wildman–Crippen MR) is 96.8 cm³/mol. The number of hydrogen-bond acceptors (Lipinski definition) is 2. The highest BCUT2D eigenvalue weighted by Crippen LogP contribution is 2.35. The van der Waals surface area contributed by atoms with Gasteiger partial charge in [-0.05, 0) is 17.7 Å². The van der Waals surface area contributed by atoms with Gasteiger partial charge in [-0.25, -0.2) is 0 Å². The van der Waals surface area contributed by atoms with E-state index in [1.807, 2.05) is 60.7 Å². The lowest BCUT2D eigenvalue weighted by molar-refractivity contribution is -0.858. The monoisotopic (exact) mass is 329 g/mol. The standard InChI is InChI=1S/C19H24N2OS/c1-21(2)15-9-14-20-19(22)18(16-10-5-3-6-11-16)23-17-12-7-4-8-13-17/h3-8,10-13,18H,9,14-15H2,1-2H3,(H,20,22)/p+1/t18-/m1/s1. The van der Waals surface area contributed by atoms with E-state index in [1.165, 1.54) is 4.90 Å². The first-order valence-corrected chi connectivity index (χ1v) is 8.88. The van der Waals surface area contributed by atoms with E-state index in [-0.39, 0.29) is 11.2 Å². The zero-order valence-electron chi connectivity index (χ0n) is 13.8. The third-order valence-electron chi connectivity index (χ3n) is 3.49. The SMILES string of the molecule is C[NH+](C)CCCNC(=O)[C@H](Sc1ccccc1)c1ccccc1. The fourth-order valence-electron chi connectivity index (χ4n) is 2.28. The lowest BCUT2D eigenvalue weighted by Gasteiger charge is -2.17. The van der Waals surface area contributed by atoms with Crippen molar-refractivity contribution in [2.24, 2.45) is 0 Å². The Kier molecular flexibility index (Phi) is 7.17. The predicted octanol–water partition coefficient (Wildman–Crippen LogP) is 2.17. The molecule has 0 fully saturated rings. The summed E-state index contributed by atoms with van der Waals surface area (Å²) < 4.78 is 0. The number of hydrogen-bond donors (Lipinski definition) is 2. The minimum absolute atomic E-state index is 0.0822. The molecule has 2 aromatic rings. The Bertz CT molecular complexity index is 587. The van der Waals surface area contributed by atoms with Crippen LogP contribution in [0.15, 0.2) is 65.6 Å². The van der Waals surface area contributed by atoms with Crippen LogP contribution in [0.1, 0.15) is 17.2 Å². The fourth-order valence-corrected chi connectivity index (χ4v) is 3.35. The summed E-state index contributed by atoms with van der Waals surface area (Å²) in [6.07, 6.45) is 0.992. The Hall–Kier alpha value is -1.78. The number of nitrogens with one attached hydrogen (secondary N) is 2. The lowest BCUT2D eigenvalue weighted by Crippen LogP contribution is -3.05. The first-order chi connectivity index (χ1) is 11.2. The molecule has 2 rings (SSSR count). The van der Waals surface area contributed by atoms with E-state index < -0.39 is 0 Å². The van der Waals surface area contributed by atoms with E-state index in [0.29, 0.717) is 0 Å². The number of benzene rings is 2. The molecule has 0 aliphatic heterocycles. The fraction of sp³-hybridized carbons (Fsp3) is 0.316. The molecule has 0 aromatic heterocycles. The number of thioether (sulfide) groups is 1. The van der Waals surface area contributed by atoms with E-state index in [1.54, 1.807) is 11.8 Å². The van der Waals surface area contributed by atoms with Gasteiger partial charge < -0.3 is 10.2 Å². The average Bonchev–Trinajstić information content (AvgIpc) is 2.58. The van der Waals surface area contributed by atoms with E-state index in [4.69, 9.17) is 0 Å². The Morgan fingerprint density at radius 1 is 1.04 bits per heavy atom. The first kappa shape index (κ1) is 17.6. The zero-order chi connectivity index (χ0) is 16.5. The number of carbonyl (C=O) groups is 1. The van der Waals surface area contributed by atoms with Gasteiger partial charge in [0, 0.05) is 17.9 Å². The average molecular weight is 329 g/mol. The molecule has 0 aliphatic rings. The van der Waals surface area contributed by atoms with Crippen molar-refractivity contribution in [1.29, 1.82) is 0 Å². The van der Waals surface area contributed by atoms with Crippen LogP contribution in [-0.2, 0) is 4.79 Å². The highest BCUT2D eigenvalue weighted by atomic mass is 32.2. The van der Waals surface area contributed by atoms with Gasteiger partial charge in [-0.3, -0.25) is 4.79 Å². The van der Waals surface area contributed by atoms with Crippen LogP contribution in [0.4, 0.5) is 0 Å². The summed E-state index contributed by atoms with van der Waals surface area (Å²) in [5.41, 5.74) is 1.04. The van der Waals surface area contributed by atoms with Crippen LogP contribution in [-0.4, -0.2) is 33.1 Å². The van der Waals surface area contributed by atoms with Gasteiger partial charge in [0.05, 0.1) is 20.6 Å². The van der Waals surface area contributed by atoms with Gasteiger partial charge in [0.15, 0.2) is 0 Å². The molecule has 0 unspecified atom stereocenters. The Morgan fingerprint density at radius 2 is 1.65 bits per heavy atom. The number of carbonyl (C=O) groups excluding carboxylic acids is 1. The summed E-state index contributed by atoms with van der Waals surface area (Å²) >= 11 is 1.60. The van der Waals surface area contributed by atoms with Crippen molar-refractivity contribution in [3.05, 3.63) is 66.2 Å². The van der Waals surface area contributed by atoms with Gasteiger partial charge in [0.1, 0.15) is 5.25 Å². The van der Waals surface area contributed by atoms with Crippen molar-refractivity contribution in [3.8, 4) is 0 Å². The Balaban J connectivity index is 2.03. The molecule has 0 aliphatic carbocycles. The molecule has 0 heterocycles. The van der Waals surface area contributed by atoms with Crippen molar-refractivity contribution in [2.75, 3.05) is 27.2 Å². The summed E-state index contributed by atoms with van der Waals surface area (Å²) in [6, 6.07) is 20.1. The normalized spacial score (nSPS) is 12.1. The molecule has 2 aromatic carbocycles.